The molecule has 1 amide bonds. The first kappa shape index (κ1) is 16.3. The van der Waals surface area contributed by atoms with Crippen LogP contribution in [0, 0.1) is 5.41 Å². The molecule has 1 atom stereocenters. The number of carbonyl (C=O) groups is 1. The van der Waals surface area contributed by atoms with Gasteiger partial charge in [-0.15, -0.1) is 0 Å². The lowest BCUT2D eigenvalue weighted by molar-refractivity contribution is -0.147. The molecule has 0 radical (unpaired) electrons. The summed E-state index contributed by atoms with van der Waals surface area (Å²) in [4.78, 5) is 21.7. The molecule has 0 aromatic carbocycles. The number of hydrogen-bond acceptors (Lipinski definition) is 6. The maximum absolute atomic E-state index is 13.0. The molecule has 2 aliphatic heterocycles. The maximum atomic E-state index is 13.0. The van der Waals surface area contributed by atoms with E-state index in [4.69, 9.17) is 8.94 Å². The number of nitrogens with zero attached hydrogens (tertiary/aromatic N) is 4. The molecule has 2 saturated heterocycles. The molecule has 7 heteroatoms. The Morgan fingerprint density at radius 3 is 2.96 bits per heavy atom. The quantitative estimate of drug-likeness (QED) is 0.848. The van der Waals surface area contributed by atoms with E-state index in [1.807, 2.05) is 4.90 Å². The molecule has 0 bridgehead atoms. The Morgan fingerprint density at radius 2 is 2.20 bits per heavy atom. The third-order valence-corrected chi connectivity index (χ3v) is 5.39. The van der Waals surface area contributed by atoms with Gasteiger partial charge in [-0.3, -0.25) is 9.69 Å². The molecule has 1 spiro atoms. The SMILES string of the molecule is CC(C)N1CCC[C@]2(CCN(Cc3nc(-c4ccco4)no3)C2)C1=O. The molecule has 2 aromatic rings. The first-order chi connectivity index (χ1) is 12.1. The zero-order chi connectivity index (χ0) is 17.4. The second-order valence-electron chi connectivity index (χ2n) is 7.43. The van der Waals surface area contributed by atoms with Crippen molar-refractivity contribution in [3.05, 3.63) is 24.3 Å². The topological polar surface area (TPSA) is 75.6 Å². The third-order valence-electron chi connectivity index (χ3n) is 5.39. The number of rotatable bonds is 4. The van der Waals surface area contributed by atoms with Gasteiger partial charge in [0.1, 0.15) is 0 Å². The molecule has 0 aliphatic carbocycles. The van der Waals surface area contributed by atoms with Crippen LogP contribution < -0.4 is 0 Å². The van der Waals surface area contributed by atoms with E-state index in [0.29, 0.717) is 29.9 Å². The summed E-state index contributed by atoms with van der Waals surface area (Å²) in [5.41, 5.74) is -0.230. The highest BCUT2D eigenvalue weighted by Gasteiger charge is 2.48. The predicted molar refractivity (Wildman–Crippen MR) is 90.4 cm³/mol. The Morgan fingerprint density at radius 1 is 1.32 bits per heavy atom. The van der Waals surface area contributed by atoms with Gasteiger partial charge in [-0.2, -0.15) is 4.98 Å². The van der Waals surface area contributed by atoms with E-state index in [-0.39, 0.29) is 11.5 Å². The minimum Gasteiger partial charge on any atom is -0.461 e. The molecule has 4 rings (SSSR count). The molecule has 2 fully saturated rings. The van der Waals surface area contributed by atoms with Crippen LogP contribution in [0.3, 0.4) is 0 Å². The van der Waals surface area contributed by atoms with Gasteiger partial charge in [0, 0.05) is 19.1 Å². The Balaban J connectivity index is 1.43. The third kappa shape index (κ3) is 2.97. The average molecular weight is 344 g/mol. The fraction of sp³-hybridized carbons (Fsp3) is 0.611. The van der Waals surface area contributed by atoms with Gasteiger partial charge in [0.15, 0.2) is 5.76 Å². The number of hydrogen-bond donors (Lipinski definition) is 0. The van der Waals surface area contributed by atoms with Crippen molar-refractivity contribution in [2.24, 2.45) is 5.41 Å². The number of piperidine rings is 1. The molecular weight excluding hydrogens is 320 g/mol. The fourth-order valence-corrected chi connectivity index (χ4v) is 4.08. The maximum Gasteiger partial charge on any atom is 0.241 e. The Bertz CT molecular complexity index is 739. The van der Waals surface area contributed by atoms with Crippen molar-refractivity contribution in [1.82, 2.24) is 19.9 Å². The van der Waals surface area contributed by atoms with Gasteiger partial charge in [0.2, 0.25) is 17.6 Å². The molecular formula is C18H24N4O3. The second-order valence-corrected chi connectivity index (χ2v) is 7.43. The first-order valence-electron chi connectivity index (χ1n) is 8.97. The number of carbonyl (C=O) groups excluding carboxylic acids is 1. The Labute approximate surface area is 147 Å². The molecule has 0 N–H and O–H groups in total. The van der Waals surface area contributed by atoms with Crippen molar-refractivity contribution >= 4 is 5.91 Å². The van der Waals surface area contributed by atoms with E-state index in [2.05, 4.69) is 28.9 Å². The van der Waals surface area contributed by atoms with Gasteiger partial charge >= 0.3 is 0 Å². The number of aromatic nitrogens is 2. The molecule has 0 saturated carbocycles. The monoisotopic (exact) mass is 344 g/mol. The van der Waals surface area contributed by atoms with Crippen LogP contribution in [-0.2, 0) is 11.3 Å². The normalized spacial score (nSPS) is 24.8. The van der Waals surface area contributed by atoms with Crippen molar-refractivity contribution in [2.75, 3.05) is 19.6 Å². The summed E-state index contributed by atoms with van der Waals surface area (Å²) in [5.74, 6) is 1.95. The number of furan rings is 1. The molecule has 0 unspecified atom stereocenters. The standard InChI is InChI=1S/C18H24N4O3/c1-13(2)22-8-4-6-18(17(22)23)7-9-21(12-18)11-15-19-16(20-25-15)14-5-3-10-24-14/h3,5,10,13H,4,6-9,11-12H2,1-2H3/t18-/m1/s1. The van der Waals surface area contributed by atoms with Crippen molar-refractivity contribution < 1.29 is 13.7 Å². The number of likely N-dealkylation sites (tertiary alicyclic amines) is 2. The Kier molecular flexibility index (Phi) is 4.11. The van der Waals surface area contributed by atoms with Crippen LogP contribution in [0.1, 0.15) is 39.0 Å². The van der Waals surface area contributed by atoms with Crippen LogP contribution in [-0.4, -0.2) is 51.5 Å². The smallest absolute Gasteiger partial charge is 0.241 e. The molecule has 2 aromatic heterocycles. The molecule has 7 nitrogen and oxygen atoms in total. The highest BCUT2D eigenvalue weighted by molar-refractivity contribution is 5.84. The highest BCUT2D eigenvalue weighted by Crippen LogP contribution is 2.41. The molecule has 2 aliphatic rings. The van der Waals surface area contributed by atoms with Crippen molar-refractivity contribution in [2.45, 2.75) is 45.7 Å². The van der Waals surface area contributed by atoms with Crippen LogP contribution in [0.15, 0.2) is 27.3 Å². The van der Waals surface area contributed by atoms with E-state index in [1.54, 1.807) is 18.4 Å². The zero-order valence-corrected chi connectivity index (χ0v) is 14.8. The van der Waals surface area contributed by atoms with Gasteiger partial charge in [-0.05, 0) is 51.8 Å². The van der Waals surface area contributed by atoms with Gasteiger partial charge in [-0.1, -0.05) is 5.16 Å². The molecule has 4 heterocycles. The van der Waals surface area contributed by atoms with Crippen LogP contribution in [0.2, 0.25) is 0 Å². The van der Waals surface area contributed by atoms with Crippen molar-refractivity contribution in [1.29, 1.82) is 0 Å². The van der Waals surface area contributed by atoms with Crippen LogP contribution in [0.25, 0.3) is 11.6 Å². The van der Waals surface area contributed by atoms with Gasteiger partial charge < -0.3 is 13.8 Å². The van der Waals surface area contributed by atoms with Crippen molar-refractivity contribution in [3.8, 4) is 11.6 Å². The predicted octanol–water partition coefficient (Wildman–Crippen LogP) is 2.55. The summed E-state index contributed by atoms with van der Waals surface area (Å²) in [6.45, 7) is 7.30. The van der Waals surface area contributed by atoms with E-state index in [9.17, 15) is 4.79 Å². The summed E-state index contributed by atoms with van der Waals surface area (Å²) >= 11 is 0. The Hall–Kier alpha value is -2.15. The number of amides is 1. The molecule has 25 heavy (non-hydrogen) atoms. The van der Waals surface area contributed by atoms with Crippen LogP contribution >= 0.6 is 0 Å². The lowest BCUT2D eigenvalue weighted by atomic mass is 9.78. The highest BCUT2D eigenvalue weighted by atomic mass is 16.5. The first-order valence-corrected chi connectivity index (χ1v) is 8.97. The minimum atomic E-state index is -0.230. The summed E-state index contributed by atoms with van der Waals surface area (Å²) in [5, 5.41) is 3.97. The molecule has 134 valence electrons. The van der Waals surface area contributed by atoms with Gasteiger partial charge in [-0.25, -0.2) is 0 Å². The van der Waals surface area contributed by atoms with Crippen LogP contribution in [0.4, 0.5) is 0 Å². The lowest BCUT2D eigenvalue weighted by Crippen LogP contribution is -2.52. The average Bonchev–Trinajstić information content (AvgIpc) is 3.32. The summed E-state index contributed by atoms with van der Waals surface area (Å²) < 4.78 is 10.6. The second kappa shape index (κ2) is 6.29. The van der Waals surface area contributed by atoms with E-state index >= 15 is 0 Å². The summed E-state index contributed by atoms with van der Waals surface area (Å²) in [6.07, 6.45) is 4.56. The van der Waals surface area contributed by atoms with Crippen molar-refractivity contribution in [3.63, 3.8) is 0 Å². The summed E-state index contributed by atoms with van der Waals surface area (Å²) in [7, 11) is 0. The van der Waals surface area contributed by atoms with Crippen LogP contribution in [0.5, 0.6) is 0 Å². The van der Waals surface area contributed by atoms with E-state index < -0.39 is 0 Å². The van der Waals surface area contributed by atoms with E-state index in [1.165, 1.54) is 0 Å². The van der Waals surface area contributed by atoms with Gasteiger partial charge in [0.25, 0.3) is 0 Å². The lowest BCUT2D eigenvalue weighted by Gasteiger charge is -2.41. The zero-order valence-electron chi connectivity index (χ0n) is 14.8. The fourth-order valence-electron chi connectivity index (χ4n) is 4.08. The van der Waals surface area contributed by atoms with Gasteiger partial charge in [0.05, 0.1) is 18.2 Å². The largest absolute Gasteiger partial charge is 0.461 e. The minimum absolute atomic E-state index is 0.230. The van der Waals surface area contributed by atoms with E-state index in [0.717, 1.165) is 38.9 Å². The summed E-state index contributed by atoms with van der Waals surface area (Å²) in [6, 6.07) is 3.87.